The molecule has 0 saturated heterocycles. The predicted molar refractivity (Wildman–Crippen MR) is 227 cm³/mol. The number of nitro groups is 1. The SMILES string of the molecule is CC.CN1CCc2cc(Cl)c(O)cc2[C@H]2c3ccccc3CC[C@@H]21.CN1CCc2cc(Cl)c(OC(=O)c3ccc([N+](=O)[O-])cc3)cc2[C@H]2c3ccccc3CC[C@@H]21. The van der Waals surface area contributed by atoms with E-state index in [1.54, 1.807) is 0 Å². The van der Waals surface area contributed by atoms with Crippen LogP contribution in [0.3, 0.4) is 0 Å². The fourth-order valence-electron chi connectivity index (χ4n) is 9.31. The summed E-state index contributed by atoms with van der Waals surface area (Å²) >= 11 is 12.7. The number of benzene rings is 5. The van der Waals surface area contributed by atoms with Crippen molar-refractivity contribution >= 4 is 34.9 Å². The zero-order valence-corrected chi connectivity index (χ0v) is 34.4. The minimum Gasteiger partial charge on any atom is -0.506 e. The molecular weight excluding hydrogens is 757 g/mol. The van der Waals surface area contributed by atoms with E-state index in [-0.39, 0.29) is 22.9 Å². The van der Waals surface area contributed by atoms with Crippen LogP contribution in [-0.2, 0) is 25.7 Å². The van der Waals surface area contributed by atoms with Crippen LogP contribution in [0.2, 0.25) is 10.0 Å². The Kier molecular flexibility index (Phi) is 12.4. The summed E-state index contributed by atoms with van der Waals surface area (Å²) in [5, 5.41) is 21.8. The monoisotopic (exact) mass is 805 g/mol. The number of halogens is 2. The van der Waals surface area contributed by atoms with E-state index in [4.69, 9.17) is 27.9 Å². The molecule has 4 aliphatic rings. The van der Waals surface area contributed by atoms with Crippen molar-refractivity contribution in [3.63, 3.8) is 0 Å². The Morgan fingerprint density at radius 1 is 0.684 bits per heavy atom. The molecule has 8 nitrogen and oxygen atoms in total. The Labute approximate surface area is 345 Å². The first-order valence-electron chi connectivity index (χ1n) is 19.9. The number of carbonyl (C=O) groups excluding carboxylic acids is 1. The van der Waals surface area contributed by atoms with Gasteiger partial charge in [-0.05, 0) is 134 Å². The van der Waals surface area contributed by atoms with Gasteiger partial charge in [-0.2, -0.15) is 0 Å². The number of non-ortho nitro benzene ring substituents is 1. The number of carbonyl (C=O) groups is 1. The highest BCUT2D eigenvalue weighted by atomic mass is 35.5. The van der Waals surface area contributed by atoms with Crippen LogP contribution in [0, 0.1) is 10.1 Å². The minimum absolute atomic E-state index is 0.0826. The van der Waals surface area contributed by atoms with Crippen LogP contribution >= 0.6 is 23.2 Å². The van der Waals surface area contributed by atoms with Crippen LogP contribution in [-0.4, -0.2) is 65.1 Å². The first-order valence-corrected chi connectivity index (χ1v) is 20.7. The summed E-state index contributed by atoms with van der Waals surface area (Å²) < 4.78 is 5.68. The molecule has 4 atom stereocenters. The summed E-state index contributed by atoms with van der Waals surface area (Å²) in [6, 6.07) is 31.2. The lowest BCUT2D eigenvalue weighted by Gasteiger charge is -2.38. The van der Waals surface area contributed by atoms with E-state index in [9.17, 15) is 20.0 Å². The number of rotatable bonds is 3. The van der Waals surface area contributed by atoms with E-state index in [0.29, 0.717) is 33.8 Å². The second kappa shape index (κ2) is 17.4. The van der Waals surface area contributed by atoms with Crippen LogP contribution in [0.5, 0.6) is 11.5 Å². The van der Waals surface area contributed by atoms with Crippen molar-refractivity contribution in [2.75, 3.05) is 27.2 Å². The molecule has 5 aromatic carbocycles. The molecule has 57 heavy (non-hydrogen) atoms. The zero-order chi connectivity index (χ0) is 40.4. The molecule has 10 heteroatoms. The van der Waals surface area contributed by atoms with Gasteiger partial charge in [-0.3, -0.25) is 10.1 Å². The number of nitrogens with zero attached hydrogens (tertiary/aromatic N) is 3. The Morgan fingerprint density at radius 3 is 1.70 bits per heavy atom. The van der Waals surface area contributed by atoms with Gasteiger partial charge in [-0.15, -0.1) is 0 Å². The third kappa shape index (κ3) is 8.19. The average Bonchev–Trinajstić information content (AvgIpc) is 3.46. The van der Waals surface area contributed by atoms with Gasteiger partial charge >= 0.3 is 5.97 Å². The van der Waals surface area contributed by atoms with E-state index >= 15 is 0 Å². The lowest BCUT2D eigenvalue weighted by Crippen LogP contribution is -2.39. The van der Waals surface area contributed by atoms with Crippen molar-refractivity contribution in [3.8, 4) is 11.5 Å². The molecule has 0 aromatic heterocycles. The number of fused-ring (bicyclic) bond motifs is 10. The van der Waals surface area contributed by atoms with Gasteiger partial charge in [0.25, 0.3) is 5.69 Å². The highest BCUT2D eigenvalue weighted by Gasteiger charge is 2.38. The number of aryl methyl sites for hydroxylation is 2. The summed E-state index contributed by atoms with van der Waals surface area (Å²) in [4.78, 5) is 28.0. The van der Waals surface area contributed by atoms with Crippen LogP contribution in [0.25, 0.3) is 0 Å². The smallest absolute Gasteiger partial charge is 0.343 e. The molecule has 2 aliphatic heterocycles. The molecule has 9 rings (SSSR count). The molecule has 0 unspecified atom stereocenters. The van der Waals surface area contributed by atoms with Crippen molar-refractivity contribution < 1.29 is 19.6 Å². The third-order valence-electron chi connectivity index (χ3n) is 12.2. The van der Waals surface area contributed by atoms with Crippen LogP contribution in [0.1, 0.15) is 93.4 Å². The standard InChI is InChI=1S/C26H23ClN2O4.C19H20ClNO.C2H6/c1-28-13-12-18-14-22(27)24(33-26(30)17-6-9-19(10-7-17)29(31)32)15-21(18)25-20-5-3-2-4-16(20)8-11-23(25)28;1-21-9-8-13-10-16(20)18(22)11-15(13)19-14-5-3-2-4-12(14)6-7-17(19)21;1-2/h2-7,9-10,14-15,23,25H,8,11-13H2,1H3;2-5,10-11,17,19,22H,6-9H2,1H3;1-2H3/t23-,25+;17-,19+;/m00./s1. The summed E-state index contributed by atoms with van der Waals surface area (Å²) in [7, 11) is 4.40. The highest BCUT2D eigenvalue weighted by Crippen LogP contribution is 2.46. The van der Waals surface area contributed by atoms with E-state index in [0.717, 1.165) is 50.8 Å². The molecule has 0 bridgehead atoms. The van der Waals surface area contributed by atoms with Gasteiger partial charge in [-0.25, -0.2) is 4.79 Å². The van der Waals surface area contributed by atoms with Crippen LogP contribution in [0.4, 0.5) is 5.69 Å². The van der Waals surface area contributed by atoms with Crippen molar-refractivity contribution in [3.05, 3.63) is 167 Å². The number of phenolic OH excluding ortho intramolecular Hbond substituents is 1. The molecule has 0 spiro atoms. The Hall–Kier alpha value is -4.73. The number of ether oxygens (including phenoxy) is 1. The molecule has 2 aliphatic carbocycles. The largest absolute Gasteiger partial charge is 0.506 e. The summed E-state index contributed by atoms with van der Waals surface area (Å²) in [5.41, 5.74) is 10.5. The number of aromatic hydroxyl groups is 1. The van der Waals surface area contributed by atoms with Gasteiger partial charge in [-0.1, -0.05) is 85.6 Å². The van der Waals surface area contributed by atoms with Gasteiger partial charge in [0.2, 0.25) is 0 Å². The van der Waals surface area contributed by atoms with Crippen LogP contribution in [0.15, 0.2) is 97.1 Å². The lowest BCUT2D eigenvalue weighted by molar-refractivity contribution is -0.384. The fourth-order valence-corrected chi connectivity index (χ4v) is 9.72. The predicted octanol–water partition coefficient (Wildman–Crippen LogP) is 10.4. The quantitative estimate of drug-likeness (QED) is 0.0839. The van der Waals surface area contributed by atoms with Crippen molar-refractivity contribution in [1.29, 1.82) is 0 Å². The van der Waals surface area contributed by atoms with Gasteiger partial charge < -0.3 is 19.6 Å². The Balaban J connectivity index is 0.000000179. The molecule has 5 aromatic rings. The molecule has 296 valence electrons. The fraction of sp³-hybridized carbons (Fsp3) is 0.340. The third-order valence-corrected chi connectivity index (χ3v) is 12.8. The van der Waals surface area contributed by atoms with E-state index in [2.05, 4.69) is 72.4 Å². The number of esters is 1. The summed E-state index contributed by atoms with van der Waals surface area (Å²) in [6.45, 7) is 5.98. The number of phenols is 1. The summed E-state index contributed by atoms with van der Waals surface area (Å²) in [5.74, 6) is 0.414. The van der Waals surface area contributed by atoms with Crippen molar-refractivity contribution in [1.82, 2.24) is 9.80 Å². The molecule has 0 saturated carbocycles. The normalized spacial score (nSPS) is 20.7. The molecule has 2 heterocycles. The first-order chi connectivity index (χ1) is 27.6. The maximum absolute atomic E-state index is 12.8. The minimum atomic E-state index is -0.599. The maximum atomic E-state index is 12.8. The second-order valence-corrected chi connectivity index (χ2v) is 16.0. The van der Waals surface area contributed by atoms with Gasteiger partial charge in [0, 0.05) is 49.1 Å². The van der Waals surface area contributed by atoms with Crippen LogP contribution < -0.4 is 4.74 Å². The second-order valence-electron chi connectivity index (χ2n) is 15.2. The number of hydrogen-bond donors (Lipinski definition) is 1. The van der Waals surface area contributed by atoms with Gasteiger partial charge in [0.15, 0.2) is 0 Å². The van der Waals surface area contributed by atoms with E-state index < -0.39 is 10.9 Å². The molecule has 0 fully saturated rings. The number of likely N-dealkylation sites (N-methyl/N-ethyl adjacent to an activating group) is 2. The molecule has 0 radical (unpaired) electrons. The molecular formula is C47H49Cl2N3O5. The number of nitro benzene ring substituents is 1. The highest BCUT2D eigenvalue weighted by molar-refractivity contribution is 6.32. The Morgan fingerprint density at radius 2 is 1.18 bits per heavy atom. The van der Waals surface area contributed by atoms with Crippen molar-refractivity contribution in [2.24, 2.45) is 0 Å². The maximum Gasteiger partial charge on any atom is 0.343 e. The number of hydrogen-bond acceptors (Lipinski definition) is 7. The zero-order valence-electron chi connectivity index (χ0n) is 32.9. The lowest BCUT2D eigenvalue weighted by atomic mass is 9.74. The van der Waals surface area contributed by atoms with E-state index in [1.807, 2.05) is 38.1 Å². The topological polar surface area (TPSA) is 96.2 Å². The average molecular weight is 807 g/mol. The van der Waals surface area contributed by atoms with Gasteiger partial charge in [0.05, 0.1) is 20.5 Å². The van der Waals surface area contributed by atoms with E-state index in [1.165, 1.54) is 69.6 Å². The first kappa shape index (κ1) is 40.5. The summed E-state index contributed by atoms with van der Waals surface area (Å²) in [6.07, 6.45) is 6.28. The van der Waals surface area contributed by atoms with Crippen molar-refractivity contribution in [2.45, 2.75) is 76.3 Å². The Bertz CT molecular complexity index is 2280. The van der Waals surface area contributed by atoms with Gasteiger partial charge in [0.1, 0.15) is 11.5 Å². The molecule has 1 N–H and O–H groups in total. The molecule has 0 amide bonds.